The van der Waals surface area contributed by atoms with Crippen molar-refractivity contribution in [3.8, 4) is 11.3 Å². The summed E-state index contributed by atoms with van der Waals surface area (Å²) in [5.41, 5.74) is 8.44. The smallest absolute Gasteiger partial charge is 0.0456 e. The summed E-state index contributed by atoms with van der Waals surface area (Å²) in [4.78, 5) is 3.33. The number of benzene rings is 2. The largest absolute Gasteiger partial charge is 0.361 e. The van der Waals surface area contributed by atoms with E-state index in [9.17, 15) is 0 Å². The average Bonchev–Trinajstić information content (AvgIpc) is 2.98. The summed E-state index contributed by atoms with van der Waals surface area (Å²) in [7, 11) is 0. The fourth-order valence-corrected chi connectivity index (χ4v) is 3.06. The lowest BCUT2D eigenvalue weighted by atomic mass is 9.83. The third-order valence-corrected chi connectivity index (χ3v) is 4.03. The molecule has 0 atom stereocenters. The highest BCUT2D eigenvalue weighted by atomic mass is 14.7. The fraction of sp³-hybridized carbons (Fsp3) is 0.111. The van der Waals surface area contributed by atoms with Gasteiger partial charge in [-0.3, -0.25) is 0 Å². The predicted molar refractivity (Wildman–Crippen MR) is 78.3 cm³/mol. The second-order valence-electron chi connectivity index (χ2n) is 5.15. The van der Waals surface area contributed by atoms with Gasteiger partial charge in [0.25, 0.3) is 0 Å². The molecule has 0 bridgehead atoms. The van der Waals surface area contributed by atoms with Crippen LogP contribution < -0.4 is 0 Å². The van der Waals surface area contributed by atoms with Gasteiger partial charge in [0.05, 0.1) is 0 Å². The standard InChI is InChI=1S/C18H15N/c1-2-6-14-12-17-15(11-13(14)5-1)7-3-8-16(17)18-9-4-10-19-18/h1-10,19H,11-12H2. The van der Waals surface area contributed by atoms with Gasteiger partial charge in [-0.15, -0.1) is 0 Å². The first-order valence-electron chi connectivity index (χ1n) is 6.73. The maximum Gasteiger partial charge on any atom is 0.0456 e. The highest BCUT2D eigenvalue weighted by Crippen LogP contribution is 2.33. The molecular formula is C18H15N. The number of rotatable bonds is 1. The first-order chi connectivity index (χ1) is 9.42. The molecule has 0 amide bonds. The summed E-state index contributed by atoms with van der Waals surface area (Å²) in [6.45, 7) is 0. The van der Waals surface area contributed by atoms with Crippen LogP contribution in [0.1, 0.15) is 22.3 Å². The van der Waals surface area contributed by atoms with Crippen molar-refractivity contribution in [3.63, 3.8) is 0 Å². The average molecular weight is 245 g/mol. The lowest BCUT2D eigenvalue weighted by Crippen LogP contribution is -2.08. The van der Waals surface area contributed by atoms with E-state index in [2.05, 4.69) is 59.6 Å². The van der Waals surface area contributed by atoms with E-state index in [1.807, 2.05) is 6.20 Å². The zero-order chi connectivity index (χ0) is 12.7. The second kappa shape index (κ2) is 4.13. The van der Waals surface area contributed by atoms with E-state index in [0.29, 0.717) is 0 Å². The summed E-state index contributed by atoms with van der Waals surface area (Å²) in [6.07, 6.45) is 4.09. The van der Waals surface area contributed by atoms with Crippen LogP contribution >= 0.6 is 0 Å². The van der Waals surface area contributed by atoms with Crippen LogP contribution in [-0.2, 0) is 12.8 Å². The molecule has 0 saturated heterocycles. The highest BCUT2D eigenvalue weighted by molar-refractivity contribution is 5.68. The molecule has 0 unspecified atom stereocenters. The Morgan fingerprint density at radius 1 is 0.684 bits per heavy atom. The second-order valence-corrected chi connectivity index (χ2v) is 5.15. The summed E-state index contributed by atoms with van der Waals surface area (Å²) in [6, 6.07) is 19.6. The van der Waals surface area contributed by atoms with Crippen LogP contribution in [0.3, 0.4) is 0 Å². The molecule has 1 aliphatic rings. The maximum atomic E-state index is 3.33. The van der Waals surface area contributed by atoms with Gasteiger partial charge in [-0.05, 0) is 47.2 Å². The molecule has 1 heteroatoms. The molecule has 2 aromatic carbocycles. The van der Waals surface area contributed by atoms with Crippen molar-refractivity contribution < 1.29 is 0 Å². The topological polar surface area (TPSA) is 15.8 Å². The molecule has 3 aromatic rings. The van der Waals surface area contributed by atoms with Gasteiger partial charge in [0.1, 0.15) is 0 Å². The molecule has 19 heavy (non-hydrogen) atoms. The molecule has 0 saturated carbocycles. The van der Waals surface area contributed by atoms with E-state index < -0.39 is 0 Å². The van der Waals surface area contributed by atoms with Gasteiger partial charge in [-0.25, -0.2) is 0 Å². The van der Waals surface area contributed by atoms with Crippen LogP contribution in [0.25, 0.3) is 11.3 Å². The van der Waals surface area contributed by atoms with E-state index in [4.69, 9.17) is 0 Å². The Kier molecular flexibility index (Phi) is 2.31. The predicted octanol–water partition coefficient (Wildman–Crippen LogP) is 4.18. The minimum atomic E-state index is 1.04. The monoisotopic (exact) mass is 245 g/mol. The third-order valence-electron chi connectivity index (χ3n) is 4.03. The van der Waals surface area contributed by atoms with E-state index in [0.717, 1.165) is 12.8 Å². The molecule has 92 valence electrons. The summed E-state index contributed by atoms with van der Waals surface area (Å²) in [5.74, 6) is 0. The van der Waals surface area contributed by atoms with Gasteiger partial charge in [0.15, 0.2) is 0 Å². The molecule has 1 N–H and O–H groups in total. The number of nitrogens with one attached hydrogen (secondary N) is 1. The first kappa shape index (κ1) is 10.6. The van der Waals surface area contributed by atoms with Crippen molar-refractivity contribution in [1.29, 1.82) is 0 Å². The maximum absolute atomic E-state index is 3.33. The Bertz CT molecular complexity index is 723. The normalized spacial score (nSPS) is 12.8. The highest BCUT2D eigenvalue weighted by Gasteiger charge is 2.18. The number of H-pyrrole nitrogens is 1. The van der Waals surface area contributed by atoms with Crippen molar-refractivity contribution in [2.24, 2.45) is 0 Å². The van der Waals surface area contributed by atoms with E-state index in [1.54, 1.807) is 0 Å². The summed E-state index contributed by atoms with van der Waals surface area (Å²) < 4.78 is 0. The fourth-order valence-electron chi connectivity index (χ4n) is 3.06. The Morgan fingerprint density at radius 2 is 1.47 bits per heavy atom. The van der Waals surface area contributed by atoms with Crippen molar-refractivity contribution in [1.82, 2.24) is 4.98 Å². The van der Waals surface area contributed by atoms with Gasteiger partial charge in [-0.2, -0.15) is 0 Å². The van der Waals surface area contributed by atoms with Gasteiger partial charge in [0, 0.05) is 17.5 Å². The quantitative estimate of drug-likeness (QED) is 0.518. The van der Waals surface area contributed by atoms with Gasteiger partial charge in [-0.1, -0.05) is 42.5 Å². The zero-order valence-corrected chi connectivity index (χ0v) is 10.7. The number of aromatic nitrogens is 1. The van der Waals surface area contributed by atoms with Crippen LogP contribution in [0.4, 0.5) is 0 Å². The minimum absolute atomic E-state index is 1.04. The number of hydrogen-bond donors (Lipinski definition) is 1. The molecule has 1 aromatic heterocycles. The van der Waals surface area contributed by atoms with Crippen LogP contribution in [0.15, 0.2) is 60.8 Å². The minimum Gasteiger partial charge on any atom is -0.361 e. The lowest BCUT2D eigenvalue weighted by molar-refractivity contribution is 1.00. The van der Waals surface area contributed by atoms with Crippen molar-refractivity contribution >= 4 is 0 Å². The Balaban J connectivity index is 1.88. The number of hydrogen-bond acceptors (Lipinski definition) is 0. The van der Waals surface area contributed by atoms with Crippen molar-refractivity contribution in [2.45, 2.75) is 12.8 Å². The Labute approximate surface area is 112 Å². The van der Waals surface area contributed by atoms with Crippen LogP contribution in [0, 0.1) is 0 Å². The molecule has 0 radical (unpaired) electrons. The van der Waals surface area contributed by atoms with Crippen LogP contribution in [-0.4, -0.2) is 4.98 Å². The molecule has 0 spiro atoms. The zero-order valence-electron chi connectivity index (χ0n) is 10.7. The Morgan fingerprint density at radius 3 is 2.26 bits per heavy atom. The van der Waals surface area contributed by atoms with E-state index in [1.165, 1.54) is 33.5 Å². The van der Waals surface area contributed by atoms with Crippen LogP contribution in [0.2, 0.25) is 0 Å². The van der Waals surface area contributed by atoms with Gasteiger partial charge < -0.3 is 4.98 Å². The van der Waals surface area contributed by atoms with Gasteiger partial charge >= 0.3 is 0 Å². The molecular weight excluding hydrogens is 230 g/mol. The lowest BCUT2D eigenvalue weighted by Gasteiger charge is -2.22. The summed E-state index contributed by atoms with van der Waals surface area (Å²) in [5, 5.41) is 0. The molecule has 1 nitrogen and oxygen atoms in total. The Hall–Kier alpha value is -2.28. The van der Waals surface area contributed by atoms with Crippen LogP contribution in [0.5, 0.6) is 0 Å². The number of fused-ring (bicyclic) bond motifs is 2. The van der Waals surface area contributed by atoms with Crippen molar-refractivity contribution in [2.75, 3.05) is 0 Å². The SMILES string of the molecule is c1c[nH]c(-c2cccc3c2Cc2ccccc2C3)c1. The summed E-state index contributed by atoms with van der Waals surface area (Å²) >= 11 is 0. The molecule has 4 rings (SSSR count). The van der Waals surface area contributed by atoms with E-state index in [-0.39, 0.29) is 0 Å². The van der Waals surface area contributed by atoms with Crippen molar-refractivity contribution in [3.05, 3.63) is 83.0 Å². The third kappa shape index (κ3) is 1.70. The first-order valence-corrected chi connectivity index (χ1v) is 6.73. The van der Waals surface area contributed by atoms with Gasteiger partial charge in [0.2, 0.25) is 0 Å². The molecule has 1 heterocycles. The molecule has 1 aliphatic carbocycles. The molecule has 0 fully saturated rings. The number of aromatic amines is 1. The molecule has 0 aliphatic heterocycles. The van der Waals surface area contributed by atoms with E-state index >= 15 is 0 Å².